The molecule has 0 bridgehead atoms. The van der Waals surface area contributed by atoms with E-state index in [1.807, 2.05) is 0 Å². The third-order valence-electron chi connectivity index (χ3n) is 2.59. The average molecular weight is 291 g/mol. The van der Waals surface area contributed by atoms with Crippen molar-refractivity contribution in [2.45, 2.75) is 23.8 Å². The molecule has 1 rings (SSSR count). The summed E-state index contributed by atoms with van der Waals surface area (Å²) < 4.78 is 43.8. The molecule has 0 aliphatic heterocycles. The molecule has 0 spiro atoms. The lowest BCUT2D eigenvalue weighted by molar-refractivity contribution is 0.0292. The molecular weight excluding hydrogens is 273 g/mol. The number of ether oxygens (including phenoxy) is 1. The van der Waals surface area contributed by atoms with E-state index in [9.17, 15) is 17.9 Å². The van der Waals surface area contributed by atoms with E-state index in [4.69, 9.17) is 4.74 Å². The summed E-state index contributed by atoms with van der Waals surface area (Å²) in [6.45, 7) is 1.64. The van der Waals surface area contributed by atoms with Crippen LogP contribution in [0.1, 0.15) is 13.3 Å². The van der Waals surface area contributed by atoms with Crippen LogP contribution in [0, 0.1) is 5.82 Å². The summed E-state index contributed by atoms with van der Waals surface area (Å²) >= 11 is 0. The minimum Gasteiger partial charge on any atom is -0.389 e. The zero-order valence-corrected chi connectivity index (χ0v) is 11.7. The molecule has 1 aromatic rings. The van der Waals surface area contributed by atoms with Crippen molar-refractivity contribution in [1.82, 2.24) is 4.72 Å². The summed E-state index contributed by atoms with van der Waals surface area (Å²) in [6.07, 6.45) is 0.287. The summed E-state index contributed by atoms with van der Waals surface area (Å²) in [5, 5.41) is 9.93. The SMILES string of the molecule is COCCC(C)(O)CNS(=O)(=O)c1cccc(F)c1. The highest BCUT2D eigenvalue weighted by Gasteiger charge is 2.24. The van der Waals surface area contributed by atoms with E-state index in [0.717, 1.165) is 12.1 Å². The van der Waals surface area contributed by atoms with Gasteiger partial charge in [0.05, 0.1) is 10.5 Å². The fourth-order valence-corrected chi connectivity index (χ4v) is 2.57. The fourth-order valence-electron chi connectivity index (χ4n) is 1.38. The van der Waals surface area contributed by atoms with E-state index in [1.54, 1.807) is 0 Å². The van der Waals surface area contributed by atoms with Crippen LogP contribution in [0.4, 0.5) is 4.39 Å². The van der Waals surface area contributed by atoms with Crippen LogP contribution < -0.4 is 4.72 Å². The first-order valence-electron chi connectivity index (χ1n) is 5.73. The predicted octanol–water partition coefficient (Wildman–Crippen LogP) is 0.891. The first-order valence-corrected chi connectivity index (χ1v) is 7.22. The molecular formula is C12H18FNO4S. The van der Waals surface area contributed by atoms with Gasteiger partial charge in [-0.05, 0) is 25.1 Å². The quantitative estimate of drug-likeness (QED) is 0.782. The third-order valence-corrected chi connectivity index (χ3v) is 3.99. The molecule has 0 fully saturated rings. The third kappa shape index (κ3) is 5.23. The fraction of sp³-hybridized carbons (Fsp3) is 0.500. The van der Waals surface area contributed by atoms with Gasteiger partial charge in [-0.25, -0.2) is 17.5 Å². The highest BCUT2D eigenvalue weighted by molar-refractivity contribution is 7.89. The maximum Gasteiger partial charge on any atom is 0.240 e. The molecule has 0 heterocycles. The van der Waals surface area contributed by atoms with Gasteiger partial charge in [-0.3, -0.25) is 0 Å². The topological polar surface area (TPSA) is 75.6 Å². The minimum absolute atomic E-state index is 0.171. The summed E-state index contributed by atoms with van der Waals surface area (Å²) in [5.74, 6) is -0.631. The van der Waals surface area contributed by atoms with Crippen LogP contribution in [0.3, 0.4) is 0 Å². The van der Waals surface area contributed by atoms with Gasteiger partial charge in [-0.2, -0.15) is 0 Å². The lowest BCUT2D eigenvalue weighted by Gasteiger charge is -2.23. The first kappa shape index (κ1) is 16.0. The van der Waals surface area contributed by atoms with Gasteiger partial charge in [0, 0.05) is 26.7 Å². The molecule has 0 aromatic heterocycles. The number of hydrogen-bond acceptors (Lipinski definition) is 4. The molecule has 0 saturated carbocycles. The van der Waals surface area contributed by atoms with Gasteiger partial charge in [0.15, 0.2) is 0 Å². The maximum atomic E-state index is 13.0. The van der Waals surface area contributed by atoms with Gasteiger partial charge in [-0.1, -0.05) is 6.07 Å². The van der Waals surface area contributed by atoms with Crippen LogP contribution in [0.25, 0.3) is 0 Å². The summed E-state index contributed by atoms with van der Waals surface area (Å²) in [5.41, 5.74) is -1.23. The van der Waals surface area contributed by atoms with Gasteiger partial charge < -0.3 is 9.84 Å². The van der Waals surface area contributed by atoms with Gasteiger partial charge in [0.2, 0.25) is 10.0 Å². The molecule has 1 atom stereocenters. The predicted molar refractivity (Wildman–Crippen MR) is 68.7 cm³/mol. The zero-order chi connectivity index (χ0) is 14.5. The Bertz CT molecular complexity index is 516. The van der Waals surface area contributed by atoms with Crippen LogP contribution >= 0.6 is 0 Å². The monoisotopic (exact) mass is 291 g/mol. The molecule has 19 heavy (non-hydrogen) atoms. The lowest BCUT2D eigenvalue weighted by atomic mass is 10.0. The Morgan fingerprint density at radius 3 is 2.74 bits per heavy atom. The van der Waals surface area contributed by atoms with Crippen molar-refractivity contribution in [2.75, 3.05) is 20.3 Å². The van der Waals surface area contributed by atoms with Crippen LogP contribution in [0.5, 0.6) is 0 Å². The molecule has 0 radical (unpaired) electrons. The highest BCUT2D eigenvalue weighted by Crippen LogP contribution is 2.13. The number of benzene rings is 1. The Morgan fingerprint density at radius 1 is 1.47 bits per heavy atom. The summed E-state index contributed by atoms with van der Waals surface area (Å²) in [4.78, 5) is -0.171. The second kappa shape index (κ2) is 6.42. The molecule has 2 N–H and O–H groups in total. The number of rotatable bonds is 7. The Hall–Kier alpha value is -1.02. The number of hydrogen-bond donors (Lipinski definition) is 2. The summed E-state index contributed by atoms with van der Waals surface area (Å²) in [7, 11) is -2.34. The number of sulfonamides is 1. The molecule has 0 aliphatic rings. The van der Waals surface area contributed by atoms with Crippen LogP contribution in [0.2, 0.25) is 0 Å². The van der Waals surface area contributed by atoms with Crippen molar-refractivity contribution in [2.24, 2.45) is 0 Å². The Kier molecular flexibility index (Phi) is 5.42. The van der Waals surface area contributed by atoms with Gasteiger partial charge in [-0.15, -0.1) is 0 Å². The first-order chi connectivity index (χ1) is 8.77. The highest BCUT2D eigenvalue weighted by atomic mass is 32.2. The van der Waals surface area contributed by atoms with E-state index in [0.29, 0.717) is 6.61 Å². The van der Waals surface area contributed by atoms with Crippen molar-refractivity contribution >= 4 is 10.0 Å². The average Bonchev–Trinajstić information content (AvgIpc) is 2.34. The molecule has 7 heteroatoms. The molecule has 1 aromatic carbocycles. The van der Waals surface area contributed by atoms with Gasteiger partial charge in [0.1, 0.15) is 5.82 Å². The molecule has 5 nitrogen and oxygen atoms in total. The van der Waals surface area contributed by atoms with E-state index in [-0.39, 0.29) is 17.9 Å². The Balaban J connectivity index is 2.71. The second-order valence-corrected chi connectivity index (χ2v) is 6.29. The molecule has 0 amide bonds. The Labute approximate surface area is 112 Å². The van der Waals surface area contributed by atoms with E-state index in [1.165, 1.54) is 26.2 Å². The van der Waals surface area contributed by atoms with Crippen molar-refractivity contribution in [1.29, 1.82) is 0 Å². The summed E-state index contributed by atoms with van der Waals surface area (Å²) in [6, 6.07) is 4.68. The lowest BCUT2D eigenvalue weighted by Crippen LogP contribution is -2.41. The normalized spacial score (nSPS) is 15.2. The van der Waals surface area contributed by atoms with Gasteiger partial charge in [0.25, 0.3) is 0 Å². The van der Waals surface area contributed by atoms with Crippen molar-refractivity contribution < 1.29 is 22.7 Å². The van der Waals surface area contributed by atoms with Crippen molar-refractivity contribution in [3.63, 3.8) is 0 Å². The van der Waals surface area contributed by atoms with Crippen LogP contribution in [-0.2, 0) is 14.8 Å². The molecule has 0 aliphatic carbocycles. The molecule has 108 valence electrons. The van der Waals surface area contributed by atoms with E-state index >= 15 is 0 Å². The molecule has 1 unspecified atom stereocenters. The van der Waals surface area contributed by atoms with Gasteiger partial charge >= 0.3 is 0 Å². The number of aliphatic hydroxyl groups is 1. The van der Waals surface area contributed by atoms with Crippen molar-refractivity contribution in [3.8, 4) is 0 Å². The van der Waals surface area contributed by atoms with E-state index < -0.39 is 21.4 Å². The zero-order valence-electron chi connectivity index (χ0n) is 10.9. The number of methoxy groups -OCH3 is 1. The number of halogens is 1. The largest absolute Gasteiger partial charge is 0.389 e. The maximum absolute atomic E-state index is 13.0. The molecule has 0 saturated heterocycles. The Morgan fingerprint density at radius 2 is 2.16 bits per heavy atom. The standard InChI is InChI=1S/C12H18FNO4S/c1-12(15,6-7-18-2)9-14-19(16,17)11-5-3-4-10(13)8-11/h3-5,8,14-15H,6-7,9H2,1-2H3. The van der Waals surface area contributed by atoms with E-state index in [2.05, 4.69) is 4.72 Å². The van der Waals surface area contributed by atoms with Crippen LogP contribution in [-0.4, -0.2) is 39.4 Å². The smallest absolute Gasteiger partial charge is 0.240 e. The second-order valence-electron chi connectivity index (χ2n) is 4.52. The minimum atomic E-state index is -3.83. The van der Waals surface area contributed by atoms with Crippen LogP contribution in [0.15, 0.2) is 29.2 Å². The number of nitrogens with one attached hydrogen (secondary N) is 1. The van der Waals surface area contributed by atoms with Crippen molar-refractivity contribution in [3.05, 3.63) is 30.1 Å².